The molecule has 3 aromatic rings. The smallest absolute Gasteiger partial charge is 0.255 e. The van der Waals surface area contributed by atoms with Crippen molar-refractivity contribution >= 4 is 29.3 Å². The highest BCUT2D eigenvalue weighted by Gasteiger charge is 2.20. The van der Waals surface area contributed by atoms with E-state index in [2.05, 4.69) is 10.6 Å². The van der Waals surface area contributed by atoms with Crippen LogP contribution in [0, 0.1) is 0 Å². The first kappa shape index (κ1) is 21.0. The van der Waals surface area contributed by atoms with Gasteiger partial charge < -0.3 is 24.8 Å². The summed E-state index contributed by atoms with van der Waals surface area (Å²) in [5.74, 6) is 0.887. The first-order valence-corrected chi connectivity index (χ1v) is 9.95. The van der Waals surface area contributed by atoms with E-state index >= 15 is 0 Å². The van der Waals surface area contributed by atoms with Crippen LogP contribution in [0.2, 0.25) is 0 Å². The van der Waals surface area contributed by atoms with Gasteiger partial charge in [-0.15, -0.1) is 0 Å². The quantitative estimate of drug-likeness (QED) is 0.607. The summed E-state index contributed by atoms with van der Waals surface area (Å²) in [5.41, 5.74) is 2.66. The second kappa shape index (κ2) is 9.26. The van der Waals surface area contributed by atoms with Gasteiger partial charge in [0.1, 0.15) is 23.9 Å². The number of nitrogens with one attached hydrogen (secondary N) is 2. The van der Waals surface area contributed by atoms with Gasteiger partial charge in [-0.2, -0.15) is 0 Å². The van der Waals surface area contributed by atoms with Crippen molar-refractivity contribution in [1.82, 2.24) is 0 Å². The Bertz CT molecular complexity index is 1190. The number of hydrogen-bond acceptors (Lipinski definition) is 5. The van der Waals surface area contributed by atoms with Crippen LogP contribution in [0.5, 0.6) is 17.2 Å². The van der Waals surface area contributed by atoms with E-state index < -0.39 is 0 Å². The van der Waals surface area contributed by atoms with Crippen LogP contribution in [0.4, 0.5) is 11.4 Å². The minimum Gasteiger partial charge on any atom is -0.494 e. The van der Waals surface area contributed by atoms with Gasteiger partial charge in [-0.3, -0.25) is 9.59 Å². The number of fused-ring (bicyclic) bond motifs is 1. The summed E-state index contributed by atoms with van der Waals surface area (Å²) in [6.45, 7) is 0.160. The molecule has 2 N–H and O–H groups in total. The van der Waals surface area contributed by atoms with Crippen LogP contribution in [0.15, 0.2) is 72.3 Å². The second-order valence-corrected chi connectivity index (χ2v) is 7.02. The third-order valence-electron chi connectivity index (χ3n) is 4.98. The van der Waals surface area contributed by atoms with Crippen LogP contribution in [-0.4, -0.2) is 32.6 Å². The molecule has 2 amide bonds. The number of carbonyl (C=O) groups excluding carboxylic acids is 2. The van der Waals surface area contributed by atoms with Crippen molar-refractivity contribution in [2.24, 2.45) is 0 Å². The lowest BCUT2D eigenvalue weighted by Crippen LogP contribution is -2.21. The van der Waals surface area contributed by atoms with Gasteiger partial charge in [0, 0.05) is 23.3 Å². The van der Waals surface area contributed by atoms with Gasteiger partial charge in [-0.1, -0.05) is 36.4 Å². The van der Waals surface area contributed by atoms with Crippen molar-refractivity contribution in [2.75, 3.05) is 31.5 Å². The Morgan fingerprint density at radius 1 is 0.812 bits per heavy atom. The molecule has 1 aliphatic heterocycles. The van der Waals surface area contributed by atoms with Crippen LogP contribution in [-0.2, 0) is 4.79 Å². The van der Waals surface area contributed by atoms with Gasteiger partial charge in [-0.25, -0.2) is 0 Å². The van der Waals surface area contributed by atoms with Crippen molar-refractivity contribution in [3.63, 3.8) is 0 Å². The van der Waals surface area contributed by atoms with Crippen molar-refractivity contribution in [3.05, 3.63) is 83.4 Å². The molecule has 0 unspecified atom stereocenters. The fraction of sp³-hybridized carbons (Fsp3) is 0.120. The van der Waals surface area contributed by atoms with Crippen LogP contribution in [0.1, 0.15) is 15.9 Å². The molecule has 1 aliphatic rings. The van der Waals surface area contributed by atoms with E-state index in [0.717, 1.165) is 11.3 Å². The maximum absolute atomic E-state index is 12.9. The Morgan fingerprint density at radius 2 is 1.41 bits per heavy atom. The van der Waals surface area contributed by atoms with E-state index in [0.29, 0.717) is 34.0 Å². The van der Waals surface area contributed by atoms with Gasteiger partial charge >= 0.3 is 0 Å². The summed E-state index contributed by atoms with van der Waals surface area (Å²) < 4.78 is 16.5. The Morgan fingerprint density at radius 3 is 2.06 bits per heavy atom. The van der Waals surface area contributed by atoms with E-state index in [9.17, 15) is 9.59 Å². The molecule has 7 heteroatoms. The van der Waals surface area contributed by atoms with E-state index in [-0.39, 0.29) is 18.4 Å². The molecule has 162 valence electrons. The van der Waals surface area contributed by atoms with Crippen molar-refractivity contribution in [2.45, 2.75) is 0 Å². The van der Waals surface area contributed by atoms with Crippen LogP contribution in [0.3, 0.4) is 0 Å². The number of hydrogen-bond donors (Lipinski definition) is 2. The highest BCUT2D eigenvalue weighted by molar-refractivity contribution is 6.09. The Kier molecular flexibility index (Phi) is 6.07. The molecule has 3 aromatic carbocycles. The molecule has 0 spiro atoms. The highest BCUT2D eigenvalue weighted by Crippen LogP contribution is 2.37. The molecule has 0 fully saturated rings. The third kappa shape index (κ3) is 4.41. The van der Waals surface area contributed by atoms with Crippen LogP contribution < -0.4 is 24.8 Å². The van der Waals surface area contributed by atoms with Crippen molar-refractivity contribution in [3.8, 4) is 17.2 Å². The average Bonchev–Trinajstić information content (AvgIpc) is 2.84. The topological polar surface area (TPSA) is 85.9 Å². The fourth-order valence-electron chi connectivity index (χ4n) is 3.33. The van der Waals surface area contributed by atoms with Gasteiger partial charge in [0.05, 0.1) is 31.2 Å². The second-order valence-electron chi connectivity index (χ2n) is 7.02. The lowest BCUT2D eigenvalue weighted by molar-refractivity contribution is -0.113. The lowest BCUT2D eigenvalue weighted by atomic mass is 10.1. The molecule has 4 rings (SSSR count). The maximum Gasteiger partial charge on any atom is 0.255 e. The number of ether oxygens (including phenoxy) is 3. The summed E-state index contributed by atoms with van der Waals surface area (Å²) in [7, 11) is 2.97. The predicted molar refractivity (Wildman–Crippen MR) is 122 cm³/mol. The zero-order valence-electron chi connectivity index (χ0n) is 17.7. The van der Waals surface area contributed by atoms with E-state index in [4.69, 9.17) is 14.2 Å². The number of benzene rings is 3. The molecule has 0 aliphatic carbocycles. The molecule has 0 bridgehead atoms. The maximum atomic E-state index is 12.9. The summed E-state index contributed by atoms with van der Waals surface area (Å²) >= 11 is 0. The van der Waals surface area contributed by atoms with Crippen LogP contribution in [0.25, 0.3) is 6.08 Å². The number of para-hydroxylation sites is 1. The number of anilines is 2. The average molecular weight is 430 g/mol. The third-order valence-corrected chi connectivity index (χ3v) is 4.98. The minimum absolute atomic E-state index is 0.160. The van der Waals surface area contributed by atoms with Crippen molar-refractivity contribution in [1.29, 1.82) is 0 Å². The first-order valence-electron chi connectivity index (χ1n) is 9.95. The lowest BCUT2D eigenvalue weighted by Gasteiger charge is -2.19. The molecule has 0 aromatic heterocycles. The minimum atomic E-state index is -0.319. The zero-order valence-corrected chi connectivity index (χ0v) is 17.7. The van der Waals surface area contributed by atoms with E-state index in [1.807, 2.05) is 30.3 Å². The monoisotopic (exact) mass is 430 g/mol. The molecule has 7 nitrogen and oxygen atoms in total. The molecule has 32 heavy (non-hydrogen) atoms. The summed E-state index contributed by atoms with van der Waals surface area (Å²) in [5, 5.41) is 5.66. The van der Waals surface area contributed by atoms with E-state index in [1.54, 1.807) is 42.5 Å². The molecule has 0 radical (unpaired) electrons. The fourth-order valence-corrected chi connectivity index (χ4v) is 3.33. The Hall–Kier alpha value is -4.26. The standard InChI is InChI=1S/C25H22N2O5/c1-30-22-14-20(27-25(29)18-12-17-10-6-7-11-21(17)32-15-18)23(31-2)13-19(22)26-24(28)16-8-4-3-5-9-16/h3-14H,15H2,1-2H3,(H,26,28)(H,27,29). The van der Waals surface area contributed by atoms with Gasteiger partial charge in [0.25, 0.3) is 11.8 Å². The predicted octanol–water partition coefficient (Wildman–Crippen LogP) is 4.37. The largest absolute Gasteiger partial charge is 0.494 e. The Balaban J connectivity index is 1.57. The Labute approximate surface area is 185 Å². The number of amides is 2. The molecular weight excluding hydrogens is 408 g/mol. The van der Waals surface area contributed by atoms with Gasteiger partial charge in [0.2, 0.25) is 0 Å². The summed E-state index contributed by atoms with van der Waals surface area (Å²) in [6.07, 6.45) is 1.80. The molecule has 0 saturated heterocycles. The summed E-state index contributed by atoms with van der Waals surface area (Å²) in [6, 6.07) is 19.6. The van der Waals surface area contributed by atoms with Gasteiger partial charge in [-0.05, 0) is 24.3 Å². The number of rotatable bonds is 6. The summed E-state index contributed by atoms with van der Waals surface area (Å²) in [4.78, 5) is 25.4. The molecular formula is C25H22N2O5. The molecule has 0 saturated carbocycles. The van der Waals surface area contributed by atoms with Gasteiger partial charge in [0.15, 0.2) is 0 Å². The van der Waals surface area contributed by atoms with Crippen LogP contribution >= 0.6 is 0 Å². The zero-order chi connectivity index (χ0) is 22.5. The normalized spacial score (nSPS) is 12.0. The number of carbonyl (C=O) groups is 2. The SMILES string of the molecule is COc1cc(NC(=O)c2ccccc2)c(OC)cc1NC(=O)C1=Cc2ccccc2OC1. The molecule has 0 atom stereocenters. The number of methoxy groups -OCH3 is 2. The van der Waals surface area contributed by atoms with E-state index in [1.165, 1.54) is 14.2 Å². The van der Waals surface area contributed by atoms with Crippen molar-refractivity contribution < 1.29 is 23.8 Å². The molecule has 1 heterocycles. The highest BCUT2D eigenvalue weighted by atomic mass is 16.5. The first-order chi connectivity index (χ1) is 15.6.